The van der Waals surface area contributed by atoms with Crippen LogP contribution in [0.25, 0.3) is 44.3 Å². The molecule has 1 saturated heterocycles. The number of halogens is 2. The maximum absolute atomic E-state index is 15.5. The first-order valence-corrected chi connectivity index (χ1v) is 21.4. The van der Waals surface area contributed by atoms with Gasteiger partial charge in [-0.25, -0.2) is 4.98 Å². The maximum Gasteiger partial charge on any atom is 0.275 e. The highest BCUT2D eigenvalue weighted by atomic mass is 35.5. The van der Waals surface area contributed by atoms with Crippen molar-refractivity contribution < 1.29 is 9.53 Å². The van der Waals surface area contributed by atoms with Gasteiger partial charge < -0.3 is 23.7 Å². The van der Waals surface area contributed by atoms with Crippen molar-refractivity contribution in [3.8, 4) is 28.3 Å². The van der Waals surface area contributed by atoms with E-state index in [-0.39, 0.29) is 11.9 Å². The van der Waals surface area contributed by atoms with E-state index < -0.39 is 0 Å². The molecule has 59 heavy (non-hydrogen) atoms. The molecule has 0 bridgehead atoms. The summed E-state index contributed by atoms with van der Waals surface area (Å²) in [5.41, 5.74) is 11.4. The van der Waals surface area contributed by atoms with Gasteiger partial charge in [0.1, 0.15) is 17.8 Å². The molecule has 4 aromatic heterocycles. The van der Waals surface area contributed by atoms with E-state index in [1.165, 1.54) is 12.8 Å². The molecule has 3 aromatic carbocycles. The van der Waals surface area contributed by atoms with Gasteiger partial charge in [-0.05, 0) is 126 Å². The summed E-state index contributed by atoms with van der Waals surface area (Å²) in [6.45, 7) is 15.3. The van der Waals surface area contributed by atoms with Gasteiger partial charge in [-0.1, -0.05) is 29.3 Å². The Hall–Kier alpha value is -5.10. The number of hydrogen-bond donors (Lipinski definition) is 0. The van der Waals surface area contributed by atoms with Crippen LogP contribution in [0.1, 0.15) is 70.8 Å². The third-order valence-corrected chi connectivity index (χ3v) is 13.3. The number of nitrogens with zero attached hydrogens (tertiary/aromatic N) is 9. The maximum atomic E-state index is 15.5. The van der Waals surface area contributed by atoms with Gasteiger partial charge in [-0.2, -0.15) is 10.2 Å². The number of carbonyl (C=O) groups excluding carboxylic acids is 1. The average molecular weight is 833 g/mol. The Morgan fingerprint density at radius 2 is 1.66 bits per heavy atom. The van der Waals surface area contributed by atoms with Crippen LogP contribution in [0.2, 0.25) is 10.0 Å². The Morgan fingerprint density at radius 1 is 0.898 bits per heavy atom. The highest BCUT2D eigenvalue weighted by molar-refractivity contribution is 6.35. The van der Waals surface area contributed by atoms with Crippen LogP contribution in [0.5, 0.6) is 5.75 Å². The van der Waals surface area contributed by atoms with Crippen LogP contribution >= 0.6 is 23.2 Å². The monoisotopic (exact) mass is 831 g/mol. The van der Waals surface area contributed by atoms with Gasteiger partial charge in [0.05, 0.1) is 34.0 Å². The van der Waals surface area contributed by atoms with Crippen molar-refractivity contribution in [1.82, 2.24) is 38.6 Å². The van der Waals surface area contributed by atoms with E-state index in [0.717, 1.165) is 109 Å². The van der Waals surface area contributed by atoms with E-state index in [9.17, 15) is 0 Å². The standard InChI is InChI=1S/C46H51Cl2N9O2/c1-27-21-33(22-28(2)42(27)48)59-20-10-11-34-35-13-14-37(47)41(40-30(4)50-53(7)31(40)5)43(35)57-29(3)24-56(46(58)44(34)57)39-25-55(19-18-54-16-8-9-17-54)38-15-12-32(23-36(38)39)45-49-26-52(6)51-45/h12-15,21-23,25-26,29H,8-11,16-20,24H2,1-7H3. The number of benzene rings is 3. The van der Waals surface area contributed by atoms with Crippen molar-refractivity contribution in [2.24, 2.45) is 14.1 Å². The first-order valence-electron chi connectivity index (χ1n) is 20.7. The fourth-order valence-electron chi connectivity index (χ4n) is 9.48. The third kappa shape index (κ3) is 6.90. The fourth-order valence-corrected chi connectivity index (χ4v) is 9.84. The van der Waals surface area contributed by atoms with Gasteiger partial charge in [0.25, 0.3) is 5.91 Å². The molecule has 6 heterocycles. The third-order valence-electron chi connectivity index (χ3n) is 12.4. The molecule has 306 valence electrons. The highest BCUT2D eigenvalue weighted by Crippen LogP contribution is 2.46. The number of aryl methyl sites for hydroxylation is 6. The summed E-state index contributed by atoms with van der Waals surface area (Å²) in [6.07, 6.45) is 7.73. The highest BCUT2D eigenvalue weighted by Gasteiger charge is 2.38. The normalized spacial score (nSPS) is 16.0. The molecule has 1 fully saturated rings. The summed E-state index contributed by atoms with van der Waals surface area (Å²) in [4.78, 5) is 24.6. The molecule has 1 atom stereocenters. The van der Waals surface area contributed by atoms with Crippen molar-refractivity contribution >= 4 is 56.6 Å². The number of ether oxygens (including phenoxy) is 1. The number of anilines is 1. The van der Waals surface area contributed by atoms with Gasteiger partial charge in [0.2, 0.25) is 0 Å². The van der Waals surface area contributed by atoms with Gasteiger partial charge in [-0.15, -0.1) is 0 Å². The van der Waals surface area contributed by atoms with Gasteiger partial charge in [-0.3, -0.25) is 14.2 Å². The summed E-state index contributed by atoms with van der Waals surface area (Å²) in [6, 6.07) is 14.4. The lowest BCUT2D eigenvalue weighted by molar-refractivity contribution is 0.0957. The zero-order valence-electron chi connectivity index (χ0n) is 34.9. The lowest BCUT2D eigenvalue weighted by atomic mass is 9.98. The van der Waals surface area contributed by atoms with Crippen molar-refractivity contribution in [3.05, 3.63) is 98.8 Å². The van der Waals surface area contributed by atoms with E-state index >= 15 is 4.79 Å². The minimum atomic E-state index is -0.0756. The molecule has 1 unspecified atom stereocenters. The van der Waals surface area contributed by atoms with Crippen LogP contribution in [0.3, 0.4) is 0 Å². The second-order valence-corrected chi connectivity index (χ2v) is 17.3. The Kier molecular flexibility index (Phi) is 10.3. The van der Waals surface area contributed by atoms with Crippen LogP contribution < -0.4 is 9.64 Å². The predicted octanol–water partition coefficient (Wildman–Crippen LogP) is 9.66. The Labute approximate surface area is 355 Å². The fraction of sp³-hybridized carbons (Fsp3) is 0.391. The second kappa shape index (κ2) is 15.5. The van der Waals surface area contributed by atoms with Crippen molar-refractivity contribution in [2.75, 3.05) is 37.7 Å². The molecule has 0 saturated carbocycles. The Balaban J connectivity index is 1.17. The van der Waals surface area contributed by atoms with E-state index in [1.807, 2.05) is 62.6 Å². The Morgan fingerprint density at radius 3 is 2.36 bits per heavy atom. The minimum Gasteiger partial charge on any atom is -0.494 e. The predicted molar refractivity (Wildman–Crippen MR) is 237 cm³/mol. The lowest BCUT2D eigenvalue weighted by Gasteiger charge is -2.34. The lowest BCUT2D eigenvalue weighted by Crippen LogP contribution is -2.42. The second-order valence-electron chi connectivity index (χ2n) is 16.5. The van der Waals surface area contributed by atoms with Crippen LogP contribution in [0.15, 0.2) is 55.0 Å². The van der Waals surface area contributed by atoms with Gasteiger partial charge in [0, 0.05) is 84.1 Å². The number of aromatic nitrogens is 7. The molecule has 0 aliphatic carbocycles. The van der Waals surface area contributed by atoms with Crippen LogP contribution in [0.4, 0.5) is 5.69 Å². The van der Waals surface area contributed by atoms with E-state index in [0.29, 0.717) is 42.5 Å². The number of amides is 1. The average Bonchev–Trinajstić information content (AvgIpc) is 4.05. The summed E-state index contributed by atoms with van der Waals surface area (Å²) in [5.74, 6) is 1.42. The van der Waals surface area contributed by atoms with Crippen molar-refractivity contribution in [2.45, 2.75) is 72.9 Å². The number of hydrogen-bond acceptors (Lipinski definition) is 6. The van der Waals surface area contributed by atoms with Crippen molar-refractivity contribution in [3.63, 3.8) is 0 Å². The van der Waals surface area contributed by atoms with E-state index in [1.54, 1.807) is 11.0 Å². The quantitative estimate of drug-likeness (QED) is 0.121. The first-order chi connectivity index (χ1) is 28.4. The largest absolute Gasteiger partial charge is 0.494 e. The summed E-state index contributed by atoms with van der Waals surface area (Å²) in [5, 5.41) is 12.8. The molecule has 7 aromatic rings. The SMILES string of the molecule is Cc1cc(OCCCc2c3n(c4c(-c5c(C)nn(C)c5C)c(Cl)ccc24)C(C)CN(c2cn(CCN4CCCC4)c4ccc(-c5ncn(C)n5)cc24)C3=O)cc(C)c1Cl. The molecule has 0 radical (unpaired) electrons. The Bertz CT molecular complexity index is 2740. The van der Waals surface area contributed by atoms with E-state index in [2.05, 4.69) is 68.4 Å². The molecule has 1 amide bonds. The molecule has 11 nitrogen and oxygen atoms in total. The number of fused-ring (bicyclic) bond motifs is 4. The molecule has 9 rings (SSSR count). The number of rotatable bonds is 11. The zero-order chi connectivity index (χ0) is 41.3. The van der Waals surface area contributed by atoms with Crippen LogP contribution in [-0.2, 0) is 27.1 Å². The van der Waals surface area contributed by atoms with Crippen LogP contribution in [-0.4, -0.2) is 77.3 Å². The molecule has 2 aliphatic rings. The molecular weight excluding hydrogens is 781 g/mol. The molecule has 13 heteroatoms. The van der Waals surface area contributed by atoms with Gasteiger partial charge in [0.15, 0.2) is 5.82 Å². The topological polar surface area (TPSA) is 91.2 Å². The minimum absolute atomic E-state index is 0.0270. The summed E-state index contributed by atoms with van der Waals surface area (Å²) < 4.78 is 14.5. The smallest absolute Gasteiger partial charge is 0.275 e. The molecule has 2 aliphatic heterocycles. The molecule has 0 spiro atoms. The van der Waals surface area contributed by atoms with E-state index in [4.69, 9.17) is 33.0 Å². The van der Waals surface area contributed by atoms with Crippen LogP contribution in [0, 0.1) is 27.7 Å². The zero-order valence-corrected chi connectivity index (χ0v) is 36.5. The first kappa shape index (κ1) is 39.4. The number of likely N-dealkylation sites (tertiary alicyclic amines) is 1. The van der Waals surface area contributed by atoms with Gasteiger partial charge >= 0.3 is 0 Å². The molecular formula is C46H51Cl2N9O2. The summed E-state index contributed by atoms with van der Waals surface area (Å²) >= 11 is 13.7. The molecule has 0 N–H and O–H groups in total. The number of carbonyl (C=O) groups is 1. The van der Waals surface area contributed by atoms with Crippen molar-refractivity contribution in [1.29, 1.82) is 0 Å². The summed E-state index contributed by atoms with van der Waals surface area (Å²) in [7, 11) is 3.84.